The van der Waals surface area contributed by atoms with Crippen molar-refractivity contribution < 1.29 is 4.43 Å². The predicted molar refractivity (Wildman–Crippen MR) is 94.3 cm³/mol. The van der Waals surface area contributed by atoms with E-state index in [0.717, 1.165) is 6.61 Å². The summed E-state index contributed by atoms with van der Waals surface area (Å²) in [5, 5.41) is 0.336. The van der Waals surface area contributed by atoms with Crippen molar-refractivity contribution in [3.8, 4) is 0 Å². The number of hydrogen-bond donors (Lipinski definition) is 0. The van der Waals surface area contributed by atoms with Gasteiger partial charge in [0.2, 0.25) is 0 Å². The van der Waals surface area contributed by atoms with E-state index in [4.69, 9.17) is 4.43 Å². The highest BCUT2D eigenvalue weighted by atomic mass is 127. The molecule has 18 heavy (non-hydrogen) atoms. The van der Waals surface area contributed by atoms with Crippen molar-refractivity contribution in [1.29, 1.82) is 0 Å². The van der Waals surface area contributed by atoms with Crippen molar-refractivity contribution in [1.82, 2.24) is 0 Å². The maximum Gasteiger partial charge on any atom is 0.191 e. The summed E-state index contributed by atoms with van der Waals surface area (Å²) >= 11 is 2.43. The van der Waals surface area contributed by atoms with Crippen LogP contribution in [0.3, 0.4) is 0 Å². The van der Waals surface area contributed by atoms with Crippen molar-refractivity contribution >= 4 is 30.9 Å². The first kappa shape index (κ1) is 18.6. The molecule has 0 heterocycles. The van der Waals surface area contributed by atoms with Gasteiger partial charge in [0.05, 0.1) is 0 Å². The number of allylic oxidation sites excluding steroid dienone is 2. The van der Waals surface area contributed by atoms with E-state index in [0.29, 0.717) is 5.04 Å². The fourth-order valence-corrected chi connectivity index (χ4v) is 2.85. The van der Waals surface area contributed by atoms with Crippen molar-refractivity contribution in [2.45, 2.75) is 71.5 Å². The molecule has 0 aliphatic carbocycles. The molecule has 0 aromatic rings. The summed E-state index contributed by atoms with van der Waals surface area (Å²) in [5.74, 6) is 0. The second kappa shape index (κ2) is 8.75. The topological polar surface area (TPSA) is 9.23 Å². The Bertz CT molecular complexity index is 254. The van der Waals surface area contributed by atoms with E-state index in [2.05, 4.69) is 69.5 Å². The molecule has 0 N–H and O–H groups in total. The van der Waals surface area contributed by atoms with E-state index in [1.807, 2.05) is 0 Å². The standard InChI is InChI=1S/C15H31IOSi/c1-14(11-9-12-16)10-7-8-13-17-18(5,6)15(2,3)4/h11H,7-10,12-13H2,1-6H3/b14-11+. The Kier molecular flexibility index (Phi) is 9.06. The molecule has 0 amide bonds. The van der Waals surface area contributed by atoms with Gasteiger partial charge in [-0.25, -0.2) is 0 Å². The summed E-state index contributed by atoms with van der Waals surface area (Å²) in [6.07, 6.45) is 7.28. The van der Waals surface area contributed by atoms with Crippen LogP contribution in [0.15, 0.2) is 11.6 Å². The molecule has 0 aromatic heterocycles. The molecule has 0 fully saturated rings. The van der Waals surface area contributed by atoms with Crippen molar-refractivity contribution in [3.63, 3.8) is 0 Å². The number of rotatable bonds is 8. The minimum absolute atomic E-state index is 0.336. The zero-order valence-electron chi connectivity index (χ0n) is 13.1. The fraction of sp³-hybridized carbons (Fsp3) is 0.867. The second-order valence-corrected chi connectivity index (χ2v) is 12.5. The van der Waals surface area contributed by atoms with Gasteiger partial charge in [-0.3, -0.25) is 0 Å². The molecule has 3 heteroatoms. The highest BCUT2D eigenvalue weighted by molar-refractivity contribution is 14.1. The lowest BCUT2D eigenvalue weighted by Crippen LogP contribution is -2.40. The molecule has 0 unspecified atom stereocenters. The summed E-state index contributed by atoms with van der Waals surface area (Å²) in [6.45, 7) is 14.8. The van der Waals surface area contributed by atoms with E-state index >= 15 is 0 Å². The van der Waals surface area contributed by atoms with Gasteiger partial charge in [0.25, 0.3) is 0 Å². The lowest BCUT2D eigenvalue weighted by atomic mass is 10.1. The summed E-state index contributed by atoms with van der Waals surface area (Å²) in [7, 11) is -1.52. The monoisotopic (exact) mass is 382 g/mol. The van der Waals surface area contributed by atoms with Crippen LogP contribution in [0.2, 0.25) is 18.1 Å². The third kappa shape index (κ3) is 7.95. The fourth-order valence-electron chi connectivity index (χ4n) is 1.45. The predicted octanol–water partition coefficient (Wildman–Crippen LogP) is 5.95. The summed E-state index contributed by atoms with van der Waals surface area (Å²) in [4.78, 5) is 0. The first-order valence-corrected chi connectivity index (χ1v) is 11.5. The average molecular weight is 382 g/mol. The number of alkyl halides is 1. The molecule has 108 valence electrons. The molecule has 0 atom stereocenters. The molecule has 1 nitrogen and oxygen atoms in total. The Balaban J connectivity index is 3.75. The zero-order valence-corrected chi connectivity index (χ0v) is 16.3. The van der Waals surface area contributed by atoms with E-state index in [-0.39, 0.29) is 0 Å². The summed E-state index contributed by atoms with van der Waals surface area (Å²) in [5.41, 5.74) is 1.54. The number of halogens is 1. The molecule has 0 aliphatic heterocycles. The quantitative estimate of drug-likeness (QED) is 0.166. The highest BCUT2D eigenvalue weighted by Crippen LogP contribution is 2.36. The van der Waals surface area contributed by atoms with Gasteiger partial charge >= 0.3 is 0 Å². The Morgan fingerprint density at radius 1 is 1.22 bits per heavy atom. The van der Waals surface area contributed by atoms with Gasteiger partial charge in [-0.2, -0.15) is 0 Å². The Hall–Kier alpha value is 0.647. The normalized spacial score (nSPS) is 14.1. The number of unbranched alkanes of at least 4 members (excludes halogenated alkanes) is 1. The van der Waals surface area contributed by atoms with Gasteiger partial charge in [0.1, 0.15) is 0 Å². The molecular weight excluding hydrogens is 351 g/mol. The minimum atomic E-state index is -1.52. The molecule has 0 bridgehead atoms. The van der Waals surface area contributed by atoms with Crippen LogP contribution in [0.25, 0.3) is 0 Å². The van der Waals surface area contributed by atoms with Crippen LogP contribution >= 0.6 is 22.6 Å². The molecule has 0 aromatic carbocycles. The number of hydrogen-bond acceptors (Lipinski definition) is 1. The van der Waals surface area contributed by atoms with Gasteiger partial charge in [-0.15, -0.1) is 0 Å². The molecule has 0 saturated heterocycles. The maximum absolute atomic E-state index is 6.18. The molecule has 0 saturated carbocycles. The van der Waals surface area contributed by atoms with Crippen molar-refractivity contribution in [2.75, 3.05) is 11.0 Å². The van der Waals surface area contributed by atoms with Gasteiger partial charge in [0.15, 0.2) is 8.32 Å². The van der Waals surface area contributed by atoms with Gasteiger partial charge < -0.3 is 4.43 Å². The van der Waals surface area contributed by atoms with E-state index in [1.165, 1.54) is 30.1 Å². The summed E-state index contributed by atoms with van der Waals surface area (Å²) in [6, 6.07) is 0. The second-order valence-electron chi connectivity index (χ2n) is 6.59. The smallest absolute Gasteiger partial charge is 0.191 e. The SMILES string of the molecule is C/C(=C\CCI)CCCCO[Si](C)(C)C(C)(C)C. The van der Waals surface area contributed by atoms with Crippen LogP contribution in [0.5, 0.6) is 0 Å². The van der Waals surface area contributed by atoms with Crippen molar-refractivity contribution in [3.05, 3.63) is 11.6 Å². The van der Waals surface area contributed by atoms with Gasteiger partial charge in [0, 0.05) is 11.0 Å². The van der Waals surface area contributed by atoms with Crippen LogP contribution in [-0.4, -0.2) is 19.4 Å². The highest BCUT2D eigenvalue weighted by Gasteiger charge is 2.36. The van der Waals surface area contributed by atoms with Gasteiger partial charge in [-0.1, -0.05) is 55.0 Å². The van der Waals surface area contributed by atoms with Crippen LogP contribution in [0, 0.1) is 0 Å². The molecule has 0 spiro atoms. The largest absolute Gasteiger partial charge is 0.417 e. The zero-order chi connectivity index (χ0) is 14.2. The molecular formula is C15H31IOSi. The van der Waals surface area contributed by atoms with Crippen molar-refractivity contribution in [2.24, 2.45) is 0 Å². The van der Waals surface area contributed by atoms with Gasteiger partial charge in [-0.05, 0) is 50.7 Å². The van der Waals surface area contributed by atoms with E-state index in [9.17, 15) is 0 Å². The van der Waals surface area contributed by atoms with Crippen LogP contribution in [0.4, 0.5) is 0 Å². The van der Waals surface area contributed by atoms with Crippen LogP contribution in [-0.2, 0) is 4.43 Å². The first-order valence-electron chi connectivity index (χ1n) is 7.06. The minimum Gasteiger partial charge on any atom is -0.417 e. The lowest BCUT2D eigenvalue weighted by Gasteiger charge is -2.36. The first-order chi connectivity index (χ1) is 8.20. The molecule has 0 aliphatic rings. The third-order valence-electron chi connectivity index (χ3n) is 3.84. The Labute approximate surface area is 129 Å². The van der Waals surface area contributed by atoms with E-state index < -0.39 is 8.32 Å². The summed E-state index contributed by atoms with van der Waals surface area (Å²) < 4.78 is 7.40. The lowest BCUT2D eigenvalue weighted by molar-refractivity contribution is 0.279. The molecule has 0 radical (unpaired) electrons. The molecule has 0 rings (SSSR count). The third-order valence-corrected chi connectivity index (χ3v) is 9.00. The van der Waals surface area contributed by atoms with E-state index in [1.54, 1.807) is 5.57 Å². The Morgan fingerprint density at radius 2 is 1.83 bits per heavy atom. The van der Waals surface area contributed by atoms with Crippen LogP contribution in [0.1, 0.15) is 53.4 Å². The average Bonchev–Trinajstić information content (AvgIpc) is 2.24. The maximum atomic E-state index is 6.18. The van der Waals surface area contributed by atoms with Crippen LogP contribution < -0.4 is 0 Å². The Morgan fingerprint density at radius 3 is 2.33 bits per heavy atom.